The van der Waals surface area contributed by atoms with Gasteiger partial charge in [-0.15, -0.1) is 0 Å². The monoisotopic (exact) mass is 305 g/mol. The Hall–Kier alpha value is -2.76. The molecule has 0 atom stereocenters. The van der Waals surface area contributed by atoms with Crippen LogP contribution in [0.2, 0.25) is 0 Å². The van der Waals surface area contributed by atoms with Crippen molar-refractivity contribution in [2.75, 3.05) is 5.32 Å². The Kier molecular flexibility index (Phi) is 4.83. The van der Waals surface area contributed by atoms with Crippen molar-refractivity contribution >= 4 is 17.4 Å². The summed E-state index contributed by atoms with van der Waals surface area (Å²) in [5.41, 5.74) is 1.08. The molecule has 0 aliphatic rings. The number of hydrogen-bond acceptors (Lipinski definition) is 3. The zero-order valence-electron chi connectivity index (χ0n) is 11.7. The van der Waals surface area contributed by atoms with Gasteiger partial charge in [-0.1, -0.05) is 18.2 Å². The van der Waals surface area contributed by atoms with Gasteiger partial charge in [-0.25, -0.2) is 0 Å². The Labute approximate surface area is 125 Å². The molecule has 22 heavy (non-hydrogen) atoms. The van der Waals surface area contributed by atoms with E-state index in [1.165, 1.54) is 31.2 Å². The van der Waals surface area contributed by atoms with E-state index in [0.29, 0.717) is 11.3 Å². The maximum atomic E-state index is 12.2. The van der Waals surface area contributed by atoms with Crippen molar-refractivity contribution < 1.29 is 23.1 Å². The Bertz CT molecular complexity index is 701. The Morgan fingerprint density at radius 2 is 1.73 bits per heavy atom. The fourth-order valence-corrected chi connectivity index (χ4v) is 1.83. The van der Waals surface area contributed by atoms with Crippen LogP contribution in [0.15, 0.2) is 48.5 Å². The number of nitrogens with one attached hydrogen (secondary N) is 1. The summed E-state index contributed by atoms with van der Waals surface area (Å²) in [5, 5.41) is 2.60. The second kappa shape index (κ2) is 6.80. The molecule has 0 saturated heterocycles. The number of Topliss-reactive ketones (excluding diaryl/α,β-unsaturated/α-hetero) is 1. The lowest BCUT2D eigenvalue weighted by Crippen LogP contribution is -2.12. The van der Waals surface area contributed by atoms with Gasteiger partial charge in [0.15, 0.2) is 5.78 Å². The number of alkyl halides is 2. The highest BCUT2D eigenvalue weighted by atomic mass is 19.3. The molecule has 0 radical (unpaired) electrons. The number of carbonyl (C=O) groups excluding carboxylic acids is 2. The largest absolute Gasteiger partial charge is 0.435 e. The van der Waals surface area contributed by atoms with Crippen LogP contribution in [0, 0.1) is 0 Å². The van der Waals surface area contributed by atoms with Crippen molar-refractivity contribution in [3.8, 4) is 5.75 Å². The second-order valence-electron chi connectivity index (χ2n) is 4.50. The first-order valence-electron chi connectivity index (χ1n) is 6.43. The fourth-order valence-electron chi connectivity index (χ4n) is 1.83. The zero-order chi connectivity index (χ0) is 16.1. The van der Waals surface area contributed by atoms with Crippen LogP contribution in [0.25, 0.3) is 0 Å². The number of hydrogen-bond donors (Lipinski definition) is 1. The van der Waals surface area contributed by atoms with Crippen LogP contribution in [0.4, 0.5) is 14.5 Å². The molecule has 0 aliphatic carbocycles. The van der Waals surface area contributed by atoms with Gasteiger partial charge in [0, 0.05) is 16.8 Å². The molecule has 0 bridgehead atoms. The Morgan fingerprint density at radius 1 is 1.05 bits per heavy atom. The molecule has 114 valence electrons. The molecule has 2 rings (SSSR count). The van der Waals surface area contributed by atoms with Crippen LogP contribution >= 0.6 is 0 Å². The van der Waals surface area contributed by atoms with E-state index in [-0.39, 0.29) is 17.1 Å². The smallest absolute Gasteiger partial charge is 0.387 e. The molecule has 6 heteroatoms. The highest BCUT2D eigenvalue weighted by molar-refractivity contribution is 6.05. The highest BCUT2D eigenvalue weighted by Gasteiger charge is 2.10. The van der Waals surface area contributed by atoms with Gasteiger partial charge in [0.25, 0.3) is 5.91 Å². The van der Waals surface area contributed by atoms with Crippen molar-refractivity contribution in [2.24, 2.45) is 0 Å². The van der Waals surface area contributed by atoms with Gasteiger partial charge >= 0.3 is 6.61 Å². The van der Waals surface area contributed by atoms with Gasteiger partial charge < -0.3 is 10.1 Å². The molecule has 0 aromatic heterocycles. The minimum atomic E-state index is -2.95. The number of benzene rings is 2. The van der Waals surface area contributed by atoms with E-state index in [1.54, 1.807) is 24.3 Å². The summed E-state index contributed by atoms with van der Waals surface area (Å²) in [6.45, 7) is -1.53. The van der Waals surface area contributed by atoms with Crippen LogP contribution in [-0.2, 0) is 0 Å². The third-order valence-corrected chi connectivity index (χ3v) is 2.85. The van der Waals surface area contributed by atoms with Crippen LogP contribution in [-0.4, -0.2) is 18.3 Å². The number of amides is 1. The summed E-state index contributed by atoms with van der Waals surface area (Å²) >= 11 is 0. The molecule has 0 heterocycles. The molecular weight excluding hydrogens is 292 g/mol. The summed E-state index contributed by atoms with van der Waals surface area (Å²) < 4.78 is 28.6. The van der Waals surface area contributed by atoms with E-state index >= 15 is 0 Å². The minimum Gasteiger partial charge on any atom is -0.435 e. The molecule has 0 aliphatic heterocycles. The van der Waals surface area contributed by atoms with Crippen molar-refractivity contribution in [3.05, 3.63) is 59.7 Å². The molecule has 1 N–H and O–H groups in total. The van der Waals surface area contributed by atoms with E-state index in [2.05, 4.69) is 10.1 Å². The van der Waals surface area contributed by atoms with E-state index in [0.717, 1.165) is 0 Å². The fraction of sp³-hybridized carbons (Fsp3) is 0.125. The van der Waals surface area contributed by atoms with E-state index in [9.17, 15) is 18.4 Å². The first-order chi connectivity index (χ1) is 10.5. The summed E-state index contributed by atoms with van der Waals surface area (Å²) in [6.07, 6.45) is 0. The molecule has 2 aromatic carbocycles. The molecular formula is C16H13F2NO3. The third-order valence-electron chi connectivity index (χ3n) is 2.85. The van der Waals surface area contributed by atoms with Gasteiger partial charge in [0.05, 0.1) is 0 Å². The Balaban J connectivity index is 2.15. The molecule has 2 aromatic rings. The molecule has 0 saturated carbocycles. The van der Waals surface area contributed by atoms with Gasteiger partial charge in [0.1, 0.15) is 5.75 Å². The lowest BCUT2D eigenvalue weighted by molar-refractivity contribution is -0.0498. The number of ketones is 1. The van der Waals surface area contributed by atoms with Crippen LogP contribution in [0.1, 0.15) is 27.6 Å². The number of ether oxygens (including phenoxy) is 1. The molecule has 4 nitrogen and oxygen atoms in total. The maximum absolute atomic E-state index is 12.2. The number of carbonyl (C=O) groups is 2. The predicted molar refractivity (Wildman–Crippen MR) is 77.5 cm³/mol. The molecule has 0 spiro atoms. The number of halogens is 2. The standard InChI is InChI=1S/C16H13F2NO3/c1-10(20)11-4-2-6-13(8-11)19-15(21)12-5-3-7-14(9-12)22-16(17)18/h2-9,16H,1H3,(H,19,21). The van der Waals surface area contributed by atoms with Gasteiger partial charge in [-0.2, -0.15) is 8.78 Å². The average molecular weight is 305 g/mol. The average Bonchev–Trinajstić information content (AvgIpc) is 2.47. The summed E-state index contributed by atoms with van der Waals surface area (Å²) in [6, 6.07) is 11.9. The molecule has 0 unspecified atom stereocenters. The SMILES string of the molecule is CC(=O)c1cccc(NC(=O)c2cccc(OC(F)F)c2)c1. The normalized spacial score (nSPS) is 10.4. The third kappa shape index (κ3) is 4.12. The molecule has 1 amide bonds. The number of anilines is 1. The maximum Gasteiger partial charge on any atom is 0.387 e. The van der Waals surface area contributed by atoms with Crippen molar-refractivity contribution in [1.29, 1.82) is 0 Å². The quantitative estimate of drug-likeness (QED) is 0.856. The summed E-state index contributed by atoms with van der Waals surface area (Å²) in [5.74, 6) is -0.705. The van der Waals surface area contributed by atoms with E-state index in [1.807, 2.05) is 0 Å². The number of rotatable bonds is 5. The highest BCUT2D eigenvalue weighted by Crippen LogP contribution is 2.18. The van der Waals surface area contributed by atoms with Gasteiger partial charge in [0.2, 0.25) is 0 Å². The lowest BCUT2D eigenvalue weighted by Gasteiger charge is -2.08. The van der Waals surface area contributed by atoms with Crippen LogP contribution in [0.3, 0.4) is 0 Å². The second-order valence-corrected chi connectivity index (χ2v) is 4.50. The minimum absolute atomic E-state index is 0.0971. The van der Waals surface area contributed by atoms with Gasteiger partial charge in [-0.05, 0) is 37.3 Å². The summed E-state index contributed by atoms with van der Waals surface area (Å²) in [4.78, 5) is 23.4. The topological polar surface area (TPSA) is 55.4 Å². The van der Waals surface area contributed by atoms with E-state index in [4.69, 9.17) is 0 Å². The van der Waals surface area contributed by atoms with Gasteiger partial charge in [-0.3, -0.25) is 9.59 Å². The van der Waals surface area contributed by atoms with Crippen LogP contribution < -0.4 is 10.1 Å². The van der Waals surface area contributed by atoms with E-state index < -0.39 is 12.5 Å². The zero-order valence-corrected chi connectivity index (χ0v) is 11.7. The summed E-state index contributed by atoms with van der Waals surface area (Å²) in [7, 11) is 0. The Morgan fingerprint density at radius 3 is 2.41 bits per heavy atom. The molecule has 0 fully saturated rings. The van der Waals surface area contributed by atoms with Crippen molar-refractivity contribution in [2.45, 2.75) is 13.5 Å². The lowest BCUT2D eigenvalue weighted by atomic mass is 10.1. The first kappa shape index (κ1) is 15.6. The van der Waals surface area contributed by atoms with Crippen molar-refractivity contribution in [3.63, 3.8) is 0 Å². The van der Waals surface area contributed by atoms with Crippen LogP contribution in [0.5, 0.6) is 5.75 Å². The van der Waals surface area contributed by atoms with Crippen molar-refractivity contribution in [1.82, 2.24) is 0 Å². The first-order valence-corrected chi connectivity index (χ1v) is 6.43. The predicted octanol–water partition coefficient (Wildman–Crippen LogP) is 3.74.